The average molecular weight is 616 g/mol. The lowest BCUT2D eigenvalue weighted by molar-refractivity contribution is 0.112. The maximum Gasteiger partial charge on any atom is 0.156 e. The molecule has 2 aromatic carbocycles. The molecular weight excluding hydrogens is 586 g/mol. The molecule has 3 N–H and O–H groups in total. The van der Waals surface area contributed by atoms with Crippen molar-refractivity contribution in [2.75, 3.05) is 23.7 Å². The molecule has 224 valence electrons. The Morgan fingerprint density at radius 2 is 1.56 bits per heavy atom. The summed E-state index contributed by atoms with van der Waals surface area (Å²) in [6, 6.07) is 19.6. The molecule has 1 unspecified atom stereocenters. The second-order valence-electron chi connectivity index (χ2n) is 11.3. The van der Waals surface area contributed by atoms with Gasteiger partial charge in [-0.1, -0.05) is 35.9 Å². The van der Waals surface area contributed by atoms with Crippen LogP contribution in [0.2, 0.25) is 5.02 Å². The summed E-state index contributed by atoms with van der Waals surface area (Å²) < 4.78 is 0. The minimum atomic E-state index is -0.251. The van der Waals surface area contributed by atoms with Gasteiger partial charge in [0.2, 0.25) is 0 Å². The van der Waals surface area contributed by atoms with E-state index in [1.807, 2.05) is 61.7 Å². The number of hydrogen-bond donors (Lipinski definition) is 3. The van der Waals surface area contributed by atoms with Crippen LogP contribution in [0, 0.1) is 6.92 Å². The average Bonchev–Trinajstić information content (AvgIpc) is 3.47. The van der Waals surface area contributed by atoms with E-state index in [4.69, 9.17) is 16.6 Å². The number of carbonyl (C=O) groups excluding carboxylic acids is 1. The van der Waals surface area contributed by atoms with Gasteiger partial charge in [0, 0.05) is 72.0 Å². The lowest BCUT2D eigenvalue weighted by atomic mass is 9.98. The van der Waals surface area contributed by atoms with Crippen LogP contribution in [0.4, 0.5) is 23.0 Å². The van der Waals surface area contributed by atoms with E-state index in [1.54, 1.807) is 24.7 Å². The zero-order valence-corrected chi connectivity index (χ0v) is 25.3. The fourth-order valence-electron chi connectivity index (χ4n) is 5.88. The highest BCUT2D eigenvalue weighted by Gasteiger charge is 2.20. The summed E-state index contributed by atoms with van der Waals surface area (Å²) in [5.74, 6) is 1.22. The number of β-amino-alcohol motifs (C(OH)–C–C–N with tert-alkyl or cyclic N) is 1. The number of aliphatic hydroxyl groups is 1. The SMILES string of the molecule is Cc1c(Nc2nccc3cc(C=O)cnc23)cccc1-c1cccc(Nc2nccc3cc(CN4CCC(O)C4)cnc23)c1Cl. The topological polar surface area (TPSA) is 116 Å². The molecule has 9 nitrogen and oxygen atoms in total. The minimum Gasteiger partial charge on any atom is -0.392 e. The van der Waals surface area contributed by atoms with Crippen molar-refractivity contribution in [2.45, 2.75) is 26.0 Å². The second-order valence-corrected chi connectivity index (χ2v) is 11.6. The largest absolute Gasteiger partial charge is 0.392 e. The number of carbonyl (C=O) groups is 1. The molecule has 6 aromatic rings. The molecule has 0 radical (unpaired) electrons. The molecule has 0 spiro atoms. The minimum absolute atomic E-state index is 0.251. The summed E-state index contributed by atoms with van der Waals surface area (Å²) in [6.45, 7) is 4.36. The van der Waals surface area contributed by atoms with Gasteiger partial charge in [-0.3, -0.25) is 19.7 Å². The molecule has 1 aliphatic rings. The lowest BCUT2D eigenvalue weighted by Crippen LogP contribution is -2.21. The van der Waals surface area contributed by atoms with Crippen LogP contribution in [0.25, 0.3) is 32.9 Å². The van der Waals surface area contributed by atoms with Crippen molar-refractivity contribution in [2.24, 2.45) is 0 Å². The van der Waals surface area contributed by atoms with E-state index in [-0.39, 0.29) is 6.10 Å². The number of aliphatic hydroxyl groups excluding tert-OH is 1. The summed E-state index contributed by atoms with van der Waals surface area (Å²) >= 11 is 7.06. The van der Waals surface area contributed by atoms with E-state index in [9.17, 15) is 9.90 Å². The van der Waals surface area contributed by atoms with Gasteiger partial charge in [-0.25, -0.2) is 9.97 Å². The molecule has 5 heterocycles. The van der Waals surface area contributed by atoms with Crippen molar-refractivity contribution in [3.8, 4) is 11.1 Å². The number of nitrogens with zero attached hydrogens (tertiary/aromatic N) is 5. The normalized spacial score (nSPS) is 15.0. The second kappa shape index (κ2) is 12.2. The fourth-order valence-corrected chi connectivity index (χ4v) is 6.16. The third-order valence-corrected chi connectivity index (χ3v) is 8.60. The molecule has 1 fully saturated rings. The van der Waals surface area contributed by atoms with Crippen molar-refractivity contribution in [3.05, 3.63) is 107 Å². The van der Waals surface area contributed by atoms with E-state index < -0.39 is 0 Å². The Morgan fingerprint density at radius 1 is 0.889 bits per heavy atom. The number of aromatic nitrogens is 4. The van der Waals surface area contributed by atoms with E-state index >= 15 is 0 Å². The number of aldehydes is 1. The quantitative estimate of drug-likeness (QED) is 0.155. The van der Waals surface area contributed by atoms with E-state index in [0.29, 0.717) is 34.3 Å². The molecule has 0 saturated carbocycles. The standard InChI is InChI=1S/C35H30ClN7O2/c1-21-27(4-2-6-29(21)41-34-33-25(9-12-37-34)15-23(20-44)17-40-33)28-5-3-7-30(31(28)36)42-35-32-24(8-11-38-35)14-22(16-39-32)18-43-13-10-26(45)19-43/h2-9,11-12,14-17,20,26,45H,10,13,18-19H2,1H3,(H,37,41)(H,38,42). The molecule has 45 heavy (non-hydrogen) atoms. The van der Waals surface area contributed by atoms with Crippen molar-refractivity contribution in [1.29, 1.82) is 0 Å². The van der Waals surface area contributed by atoms with Gasteiger partial charge in [-0.05, 0) is 66.4 Å². The highest BCUT2D eigenvalue weighted by Crippen LogP contribution is 2.39. The van der Waals surface area contributed by atoms with Crippen molar-refractivity contribution in [1.82, 2.24) is 24.8 Å². The highest BCUT2D eigenvalue weighted by molar-refractivity contribution is 6.36. The summed E-state index contributed by atoms with van der Waals surface area (Å²) in [5.41, 5.74) is 7.44. The Hall–Kier alpha value is -4.96. The van der Waals surface area contributed by atoms with Crippen LogP contribution in [0.15, 0.2) is 85.5 Å². The predicted molar refractivity (Wildman–Crippen MR) is 179 cm³/mol. The maximum absolute atomic E-state index is 11.2. The van der Waals surface area contributed by atoms with Gasteiger partial charge in [0.15, 0.2) is 17.9 Å². The fraction of sp³-hybridized carbons (Fsp3) is 0.171. The van der Waals surface area contributed by atoms with Crippen molar-refractivity contribution in [3.63, 3.8) is 0 Å². The number of fused-ring (bicyclic) bond motifs is 2. The molecule has 0 bridgehead atoms. The van der Waals surface area contributed by atoms with Crippen LogP contribution in [0.3, 0.4) is 0 Å². The maximum atomic E-state index is 11.2. The van der Waals surface area contributed by atoms with Gasteiger partial charge < -0.3 is 15.7 Å². The number of anilines is 4. The van der Waals surface area contributed by atoms with Crippen LogP contribution in [-0.2, 0) is 6.54 Å². The summed E-state index contributed by atoms with van der Waals surface area (Å²) in [5, 5.41) is 19.1. The summed E-state index contributed by atoms with van der Waals surface area (Å²) in [7, 11) is 0. The first-order valence-electron chi connectivity index (χ1n) is 14.7. The first-order chi connectivity index (χ1) is 22.0. The van der Waals surface area contributed by atoms with Crippen LogP contribution >= 0.6 is 11.6 Å². The van der Waals surface area contributed by atoms with E-state index in [2.05, 4.69) is 36.6 Å². The summed E-state index contributed by atoms with van der Waals surface area (Å²) in [6.07, 6.45) is 8.23. The number of nitrogens with one attached hydrogen (secondary N) is 2. The van der Waals surface area contributed by atoms with Gasteiger partial charge in [0.1, 0.15) is 11.0 Å². The molecule has 1 saturated heterocycles. The first-order valence-corrected chi connectivity index (χ1v) is 15.1. The first kappa shape index (κ1) is 28.8. The molecule has 1 atom stereocenters. The van der Waals surface area contributed by atoms with Gasteiger partial charge in [0.25, 0.3) is 0 Å². The van der Waals surface area contributed by atoms with Crippen LogP contribution in [0.1, 0.15) is 27.9 Å². The number of rotatable bonds is 8. The molecule has 0 aliphatic carbocycles. The third kappa shape index (κ3) is 5.81. The number of hydrogen-bond acceptors (Lipinski definition) is 9. The third-order valence-electron chi connectivity index (χ3n) is 8.19. The van der Waals surface area contributed by atoms with Crippen LogP contribution < -0.4 is 10.6 Å². The van der Waals surface area contributed by atoms with Crippen LogP contribution in [0.5, 0.6) is 0 Å². The van der Waals surface area contributed by atoms with Crippen molar-refractivity contribution < 1.29 is 9.90 Å². The molecule has 1 aliphatic heterocycles. The molecule has 4 aromatic heterocycles. The Kier molecular flexibility index (Phi) is 7.81. The van der Waals surface area contributed by atoms with Crippen molar-refractivity contribution >= 4 is 62.7 Å². The Balaban J connectivity index is 1.17. The zero-order valence-electron chi connectivity index (χ0n) is 24.5. The molecular formula is C35H30ClN7O2. The monoisotopic (exact) mass is 615 g/mol. The highest BCUT2D eigenvalue weighted by atomic mass is 35.5. The molecule has 7 rings (SSSR count). The summed E-state index contributed by atoms with van der Waals surface area (Å²) in [4.78, 5) is 31.8. The number of halogens is 1. The Morgan fingerprint density at radius 3 is 2.27 bits per heavy atom. The zero-order chi connectivity index (χ0) is 30.9. The lowest BCUT2D eigenvalue weighted by Gasteiger charge is -2.17. The van der Waals surface area contributed by atoms with Crippen LogP contribution in [-0.4, -0.2) is 55.4 Å². The Labute approximate surface area is 265 Å². The van der Waals surface area contributed by atoms with Gasteiger partial charge >= 0.3 is 0 Å². The number of pyridine rings is 4. The van der Waals surface area contributed by atoms with E-state index in [1.165, 1.54) is 0 Å². The van der Waals surface area contributed by atoms with Gasteiger partial charge in [0.05, 0.1) is 16.8 Å². The number of likely N-dealkylation sites (tertiary alicyclic amines) is 1. The van der Waals surface area contributed by atoms with Gasteiger partial charge in [-0.15, -0.1) is 0 Å². The Bertz CT molecular complexity index is 2070. The number of benzene rings is 2. The molecule has 0 amide bonds. The van der Waals surface area contributed by atoms with E-state index in [0.717, 1.165) is 75.7 Å². The smallest absolute Gasteiger partial charge is 0.156 e. The van der Waals surface area contributed by atoms with Gasteiger partial charge in [-0.2, -0.15) is 0 Å². The predicted octanol–water partition coefficient (Wildman–Crippen LogP) is 7.07. The molecule has 10 heteroatoms.